The smallest absolute Gasteiger partial charge is 0.251 e. The van der Waals surface area contributed by atoms with Gasteiger partial charge in [-0.15, -0.1) is 0 Å². The molecule has 2 aliphatic rings. The van der Waals surface area contributed by atoms with Gasteiger partial charge in [-0.3, -0.25) is 9.59 Å². The van der Waals surface area contributed by atoms with E-state index < -0.39 is 48.5 Å². The molecule has 9 heteroatoms. The van der Waals surface area contributed by atoms with Crippen molar-refractivity contribution in [1.29, 1.82) is 0 Å². The van der Waals surface area contributed by atoms with Gasteiger partial charge in [0.05, 0.1) is 12.0 Å². The van der Waals surface area contributed by atoms with Crippen molar-refractivity contribution in [3.05, 3.63) is 29.8 Å². The first kappa shape index (κ1) is 21.5. The maximum Gasteiger partial charge on any atom is 0.251 e. The zero-order chi connectivity index (χ0) is 21.1. The fourth-order valence-corrected chi connectivity index (χ4v) is 3.93. The molecule has 6 N–H and O–H groups in total. The highest BCUT2D eigenvalue weighted by atomic mass is 16.5. The molecule has 1 heterocycles. The van der Waals surface area contributed by atoms with Crippen LogP contribution in [0.3, 0.4) is 0 Å². The summed E-state index contributed by atoms with van der Waals surface area (Å²) < 4.78 is 5.43. The number of benzene rings is 1. The van der Waals surface area contributed by atoms with E-state index in [2.05, 4.69) is 10.6 Å². The average molecular weight is 408 g/mol. The molecule has 0 aromatic heterocycles. The number of ether oxygens (including phenoxy) is 1. The standard InChI is InChI=1S/C20H28N2O7/c1-10-15(24)16(25)17(26)20(29-10)22-19(28)13-7-2-3-8-14(13)21-18(27)11-5-4-6-12(23)9-11/h4-6,9-10,13-17,20,23-26H,2-3,7-8H2,1H3,(H,21,27)(H,22,28)/t10-,13+,14+,15+,16+,17-,20+/m0/s1. The second-order valence-electron chi connectivity index (χ2n) is 7.76. The average Bonchev–Trinajstić information content (AvgIpc) is 2.70. The predicted octanol–water partition coefficient (Wildman–Crippen LogP) is -0.376. The SMILES string of the molecule is C[C@@H]1O[C@@H](NC(=O)[C@@H]2CCCC[C@H]2NC(=O)c2cccc(O)c2)[C@@H](O)[C@H](O)[C@@H]1O. The number of amides is 2. The van der Waals surface area contributed by atoms with Gasteiger partial charge in [0.1, 0.15) is 24.1 Å². The van der Waals surface area contributed by atoms with Gasteiger partial charge in [-0.25, -0.2) is 0 Å². The van der Waals surface area contributed by atoms with Crippen LogP contribution in [0.15, 0.2) is 24.3 Å². The molecule has 2 fully saturated rings. The molecule has 160 valence electrons. The molecule has 1 aliphatic carbocycles. The lowest BCUT2D eigenvalue weighted by molar-refractivity contribution is -0.225. The van der Waals surface area contributed by atoms with Crippen LogP contribution in [0.2, 0.25) is 0 Å². The predicted molar refractivity (Wildman–Crippen MR) is 102 cm³/mol. The van der Waals surface area contributed by atoms with E-state index in [9.17, 15) is 30.0 Å². The van der Waals surface area contributed by atoms with Gasteiger partial charge in [0.2, 0.25) is 5.91 Å². The first-order chi connectivity index (χ1) is 13.8. The van der Waals surface area contributed by atoms with E-state index in [1.54, 1.807) is 12.1 Å². The highest BCUT2D eigenvalue weighted by Crippen LogP contribution is 2.27. The molecule has 0 spiro atoms. The van der Waals surface area contributed by atoms with Crippen LogP contribution < -0.4 is 10.6 Å². The number of rotatable bonds is 4. The fourth-order valence-electron chi connectivity index (χ4n) is 3.93. The Morgan fingerprint density at radius 2 is 1.76 bits per heavy atom. The van der Waals surface area contributed by atoms with E-state index >= 15 is 0 Å². The summed E-state index contributed by atoms with van der Waals surface area (Å²) in [5.41, 5.74) is 0.298. The van der Waals surface area contributed by atoms with Gasteiger partial charge in [-0.05, 0) is 38.0 Å². The van der Waals surface area contributed by atoms with Gasteiger partial charge in [0.15, 0.2) is 6.23 Å². The van der Waals surface area contributed by atoms with Crippen molar-refractivity contribution in [2.75, 3.05) is 0 Å². The van der Waals surface area contributed by atoms with Crippen molar-refractivity contribution in [1.82, 2.24) is 10.6 Å². The number of carbonyl (C=O) groups is 2. The Kier molecular flexibility index (Phi) is 6.74. The Morgan fingerprint density at radius 3 is 2.48 bits per heavy atom. The summed E-state index contributed by atoms with van der Waals surface area (Å²) in [6, 6.07) is 5.56. The lowest BCUT2D eigenvalue weighted by atomic mass is 9.83. The third-order valence-electron chi connectivity index (χ3n) is 5.66. The summed E-state index contributed by atoms with van der Waals surface area (Å²) >= 11 is 0. The van der Waals surface area contributed by atoms with Gasteiger partial charge in [-0.2, -0.15) is 0 Å². The Morgan fingerprint density at radius 1 is 1.03 bits per heavy atom. The van der Waals surface area contributed by atoms with Gasteiger partial charge in [0, 0.05) is 11.6 Å². The van der Waals surface area contributed by atoms with Crippen molar-refractivity contribution in [3.8, 4) is 5.75 Å². The lowest BCUT2D eigenvalue weighted by Gasteiger charge is -2.40. The number of aliphatic hydroxyl groups is 3. The third-order valence-corrected chi connectivity index (χ3v) is 5.66. The quantitative estimate of drug-likeness (QED) is 0.398. The zero-order valence-corrected chi connectivity index (χ0v) is 16.2. The minimum absolute atomic E-state index is 0.0195. The molecule has 0 radical (unpaired) electrons. The summed E-state index contributed by atoms with van der Waals surface area (Å²) in [7, 11) is 0. The van der Waals surface area contributed by atoms with E-state index in [0.717, 1.165) is 12.8 Å². The number of aromatic hydroxyl groups is 1. The molecule has 29 heavy (non-hydrogen) atoms. The number of phenolic OH excluding ortho intramolecular Hbond substituents is 1. The molecule has 1 saturated carbocycles. The van der Waals surface area contributed by atoms with Crippen LogP contribution in [-0.2, 0) is 9.53 Å². The van der Waals surface area contributed by atoms with Crippen LogP contribution in [-0.4, -0.2) is 68.9 Å². The summed E-state index contributed by atoms with van der Waals surface area (Å²) in [4.78, 5) is 25.4. The van der Waals surface area contributed by atoms with Crippen LogP contribution in [0.5, 0.6) is 5.75 Å². The largest absolute Gasteiger partial charge is 0.508 e. The van der Waals surface area contributed by atoms with Gasteiger partial charge < -0.3 is 35.8 Å². The third kappa shape index (κ3) is 4.87. The molecule has 2 amide bonds. The van der Waals surface area contributed by atoms with Crippen molar-refractivity contribution >= 4 is 11.8 Å². The highest BCUT2D eigenvalue weighted by Gasteiger charge is 2.43. The van der Waals surface area contributed by atoms with Gasteiger partial charge in [0.25, 0.3) is 5.91 Å². The van der Waals surface area contributed by atoms with E-state index in [1.807, 2.05) is 0 Å². The zero-order valence-electron chi connectivity index (χ0n) is 16.2. The number of hydrogen-bond acceptors (Lipinski definition) is 7. The second kappa shape index (κ2) is 9.08. The number of nitrogens with one attached hydrogen (secondary N) is 2. The number of carbonyl (C=O) groups excluding carboxylic acids is 2. The van der Waals surface area contributed by atoms with E-state index in [0.29, 0.717) is 18.4 Å². The molecule has 1 aliphatic heterocycles. The Balaban J connectivity index is 1.66. The number of phenols is 1. The van der Waals surface area contributed by atoms with Crippen molar-refractivity contribution in [2.24, 2.45) is 5.92 Å². The highest BCUT2D eigenvalue weighted by molar-refractivity contribution is 5.95. The van der Waals surface area contributed by atoms with Crippen LogP contribution in [0.1, 0.15) is 43.0 Å². The monoisotopic (exact) mass is 408 g/mol. The minimum atomic E-state index is -1.46. The number of aliphatic hydroxyl groups excluding tert-OH is 3. The van der Waals surface area contributed by atoms with Crippen molar-refractivity contribution in [3.63, 3.8) is 0 Å². The summed E-state index contributed by atoms with van der Waals surface area (Å²) in [6.45, 7) is 1.54. The first-order valence-corrected chi connectivity index (χ1v) is 9.88. The summed E-state index contributed by atoms with van der Waals surface area (Å²) in [5.74, 6) is -1.33. The molecule has 7 atom stereocenters. The second-order valence-corrected chi connectivity index (χ2v) is 7.76. The topological polar surface area (TPSA) is 148 Å². The van der Waals surface area contributed by atoms with Crippen LogP contribution in [0.4, 0.5) is 0 Å². The molecular weight excluding hydrogens is 380 g/mol. The van der Waals surface area contributed by atoms with E-state index in [1.165, 1.54) is 19.1 Å². The maximum absolute atomic E-state index is 12.9. The van der Waals surface area contributed by atoms with Crippen LogP contribution in [0.25, 0.3) is 0 Å². The molecule has 0 unspecified atom stereocenters. The molecular formula is C20H28N2O7. The Bertz CT molecular complexity index is 743. The minimum Gasteiger partial charge on any atom is -0.508 e. The van der Waals surface area contributed by atoms with Crippen molar-refractivity contribution in [2.45, 2.75) is 69.3 Å². The molecule has 1 saturated heterocycles. The maximum atomic E-state index is 12.9. The lowest BCUT2D eigenvalue weighted by Crippen LogP contribution is -2.63. The molecule has 9 nitrogen and oxygen atoms in total. The molecule has 0 bridgehead atoms. The Labute approximate surface area is 168 Å². The van der Waals surface area contributed by atoms with E-state index in [-0.39, 0.29) is 11.7 Å². The molecule has 1 aromatic rings. The van der Waals surface area contributed by atoms with Crippen LogP contribution in [0, 0.1) is 5.92 Å². The fraction of sp³-hybridized carbons (Fsp3) is 0.600. The normalized spacial score (nSPS) is 35.0. The Hall–Kier alpha value is -2.20. The summed E-state index contributed by atoms with van der Waals surface area (Å²) in [5, 5.41) is 44.8. The van der Waals surface area contributed by atoms with Gasteiger partial charge in [-0.1, -0.05) is 18.9 Å². The number of hydrogen-bond donors (Lipinski definition) is 6. The van der Waals surface area contributed by atoms with Crippen LogP contribution >= 0.6 is 0 Å². The first-order valence-electron chi connectivity index (χ1n) is 9.88. The molecule has 1 aromatic carbocycles. The van der Waals surface area contributed by atoms with Gasteiger partial charge >= 0.3 is 0 Å². The van der Waals surface area contributed by atoms with E-state index in [4.69, 9.17) is 4.74 Å². The van der Waals surface area contributed by atoms with Crippen molar-refractivity contribution < 1.29 is 34.8 Å². The summed E-state index contributed by atoms with van der Waals surface area (Å²) in [6.07, 6.45) is -3.20. The molecule has 3 rings (SSSR count).